The summed E-state index contributed by atoms with van der Waals surface area (Å²) in [4.78, 5) is 51.3. The van der Waals surface area contributed by atoms with E-state index in [-0.39, 0.29) is 36.9 Å². The van der Waals surface area contributed by atoms with E-state index in [9.17, 15) is 19.2 Å². The second-order valence-corrected chi connectivity index (χ2v) is 6.90. The first-order valence-corrected chi connectivity index (χ1v) is 9.13. The molecule has 0 saturated heterocycles. The van der Waals surface area contributed by atoms with Gasteiger partial charge in [-0.25, -0.2) is 4.79 Å². The number of hydrogen-bond acceptors (Lipinski definition) is 5. The number of likely N-dealkylation sites (N-methyl/N-ethyl adjacent to an activating group) is 1. The second kappa shape index (κ2) is 9.34. The van der Waals surface area contributed by atoms with Gasteiger partial charge in [0.15, 0.2) is 6.54 Å². The number of nitrogens with one attached hydrogen (secondary N) is 3. The SMILES string of the molecule is CCCn1c(N)c(C(=O)C[NH+](C)CC(=O)Nc2ccc(Cl)cc2)c(=O)[nH]c1=O. The van der Waals surface area contributed by atoms with Gasteiger partial charge in [0.05, 0.1) is 7.05 Å². The molecule has 1 aromatic carbocycles. The highest BCUT2D eigenvalue weighted by molar-refractivity contribution is 6.30. The molecule has 9 nitrogen and oxygen atoms in total. The van der Waals surface area contributed by atoms with Gasteiger partial charge in [-0.3, -0.25) is 23.9 Å². The lowest BCUT2D eigenvalue weighted by atomic mass is 10.2. The summed E-state index contributed by atoms with van der Waals surface area (Å²) in [6.07, 6.45) is 0.611. The van der Waals surface area contributed by atoms with E-state index in [2.05, 4.69) is 10.3 Å². The zero-order valence-electron chi connectivity index (χ0n) is 15.7. The lowest BCUT2D eigenvalue weighted by Gasteiger charge is -2.15. The quantitative estimate of drug-likeness (QED) is 0.438. The number of ketones is 1. The molecule has 0 aliphatic heterocycles. The van der Waals surface area contributed by atoms with Crippen LogP contribution in [0.2, 0.25) is 5.02 Å². The molecule has 0 aliphatic carbocycles. The van der Waals surface area contributed by atoms with Gasteiger partial charge in [-0.15, -0.1) is 0 Å². The van der Waals surface area contributed by atoms with Gasteiger partial charge in [0.2, 0.25) is 5.78 Å². The smallest absolute Gasteiger partial charge is 0.329 e. The van der Waals surface area contributed by atoms with E-state index in [1.54, 1.807) is 31.3 Å². The number of rotatable bonds is 8. The Labute approximate surface area is 166 Å². The van der Waals surface area contributed by atoms with Crippen LogP contribution in [0.5, 0.6) is 0 Å². The third-order valence-electron chi connectivity index (χ3n) is 4.02. The van der Waals surface area contributed by atoms with Crippen LogP contribution in [0.3, 0.4) is 0 Å². The number of quaternary nitrogens is 1. The molecule has 1 heterocycles. The molecule has 1 aromatic heterocycles. The molecule has 0 spiro atoms. The minimum absolute atomic E-state index is 0.000769. The van der Waals surface area contributed by atoms with Gasteiger partial charge in [-0.05, 0) is 30.7 Å². The summed E-state index contributed by atoms with van der Waals surface area (Å²) in [6, 6.07) is 6.63. The fourth-order valence-electron chi connectivity index (χ4n) is 2.74. The highest BCUT2D eigenvalue weighted by Gasteiger charge is 2.23. The maximum Gasteiger partial charge on any atom is 0.329 e. The largest absolute Gasteiger partial charge is 0.384 e. The first kappa shape index (κ1) is 21.4. The number of H-pyrrole nitrogens is 1. The Morgan fingerprint density at radius 1 is 1.21 bits per heavy atom. The number of amides is 1. The normalized spacial score (nSPS) is 11.8. The standard InChI is InChI=1S/C18H22ClN5O4/c1-3-8-24-16(20)15(17(27)22-18(24)28)13(25)9-23(2)10-14(26)21-12-6-4-11(19)5-7-12/h4-7H,3,8-10,20H2,1-2H3,(H,21,26)(H,22,27,28)/p+1. The fraction of sp³-hybridized carbons (Fsp3) is 0.333. The number of nitrogens with two attached hydrogens (primary N) is 1. The molecule has 0 aliphatic rings. The average Bonchev–Trinajstić information content (AvgIpc) is 2.60. The Morgan fingerprint density at radius 3 is 2.46 bits per heavy atom. The van der Waals surface area contributed by atoms with Crippen molar-refractivity contribution < 1.29 is 14.5 Å². The van der Waals surface area contributed by atoms with Crippen molar-refractivity contribution in [2.75, 3.05) is 31.2 Å². The van der Waals surface area contributed by atoms with Crippen LogP contribution in [0, 0.1) is 0 Å². The fourth-order valence-corrected chi connectivity index (χ4v) is 2.87. The number of halogens is 1. The number of anilines is 2. The molecular formula is C18H23ClN5O4+. The van der Waals surface area contributed by atoms with Crippen molar-refractivity contribution in [1.82, 2.24) is 9.55 Å². The number of carbonyl (C=O) groups excluding carboxylic acids is 2. The van der Waals surface area contributed by atoms with Gasteiger partial charge in [-0.1, -0.05) is 18.5 Å². The van der Waals surface area contributed by atoms with E-state index in [4.69, 9.17) is 17.3 Å². The van der Waals surface area contributed by atoms with Gasteiger partial charge in [0.25, 0.3) is 11.5 Å². The number of hydrogen-bond donors (Lipinski definition) is 4. The van der Waals surface area contributed by atoms with Crippen molar-refractivity contribution in [1.29, 1.82) is 0 Å². The number of aromatic amines is 1. The Balaban J connectivity index is 2.07. The van der Waals surface area contributed by atoms with Crippen LogP contribution in [-0.4, -0.2) is 41.4 Å². The molecule has 0 radical (unpaired) electrons. The van der Waals surface area contributed by atoms with Crippen LogP contribution in [0.1, 0.15) is 23.7 Å². The lowest BCUT2D eigenvalue weighted by molar-refractivity contribution is -0.861. The van der Waals surface area contributed by atoms with E-state index in [1.165, 1.54) is 0 Å². The highest BCUT2D eigenvalue weighted by atomic mass is 35.5. The van der Waals surface area contributed by atoms with Crippen molar-refractivity contribution >= 4 is 34.8 Å². The van der Waals surface area contributed by atoms with Crippen LogP contribution >= 0.6 is 11.6 Å². The second-order valence-electron chi connectivity index (χ2n) is 6.46. The summed E-state index contributed by atoms with van der Waals surface area (Å²) in [6.45, 7) is 2.00. The molecule has 28 heavy (non-hydrogen) atoms. The number of aromatic nitrogens is 2. The zero-order valence-corrected chi connectivity index (χ0v) is 16.4. The first-order valence-electron chi connectivity index (χ1n) is 8.75. The summed E-state index contributed by atoms with van der Waals surface area (Å²) in [5.41, 5.74) is 4.74. The molecule has 2 rings (SSSR count). The molecule has 1 atom stereocenters. The number of nitrogen functional groups attached to an aromatic ring is 1. The first-order chi connectivity index (χ1) is 13.2. The molecule has 1 amide bonds. The molecule has 150 valence electrons. The summed E-state index contributed by atoms with van der Waals surface area (Å²) < 4.78 is 1.16. The van der Waals surface area contributed by atoms with Gasteiger partial charge in [-0.2, -0.15) is 0 Å². The Morgan fingerprint density at radius 2 is 1.86 bits per heavy atom. The molecular weight excluding hydrogens is 386 g/mol. The van der Waals surface area contributed by atoms with Gasteiger partial charge in [0.1, 0.15) is 17.9 Å². The van der Waals surface area contributed by atoms with E-state index in [0.717, 1.165) is 4.57 Å². The van der Waals surface area contributed by atoms with Crippen LogP contribution < -0.4 is 27.2 Å². The van der Waals surface area contributed by atoms with Gasteiger partial charge < -0.3 is 16.0 Å². The van der Waals surface area contributed by atoms with E-state index < -0.39 is 17.0 Å². The van der Waals surface area contributed by atoms with Crippen LogP contribution in [0.15, 0.2) is 33.9 Å². The molecule has 0 fully saturated rings. The molecule has 1 unspecified atom stereocenters. The van der Waals surface area contributed by atoms with Crippen molar-refractivity contribution in [3.63, 3.8) is 0 Å². The van der Waals surface area contributed by atoms with Crippen LogP contribution in [0.4, 0.5) is 11.5 Å². The third-order valence-corrected chi connectivity index (χ3v) is 4.27. The number of carbonyl (C=O) groups is 2. The number of benzene rings is 1. The Kier molecular flexibility index (Phi) is 7.13. The predicted octanol–water partition coefficient (Wildman–Crippen LogP) is -0.482. The summed E-state index contributed by atoms with van der Waals surface area (Å²) in [7, 11) is 1.64. The van der Waals surface area contributed by atoms with Crippen molar-refractivity contribution in [2.45, 2.75) is 19.9 Å². The maximum absolute atomic E-state index is 12.6. The molecule has 2 aromatic rings. The van der Waals surface area contributed by atoms with E-state index in [0.29, 0.717) is 22.0 Å². The minimum atomic E-state index is -0.821. The predicted molar refractivity (Wildman–Crippen MR) is 107 cm³/mol. The number of Topliss-reactive ketones (excluding diaryl/α,β-unsaturated/α-hetero) is 1. The van der Waals surface area contributed by atoms with Crippen molar-refractivity contribution in [3.05, 3.63) is 55.7 Å². The molecule has 10 heteroatoms. The summed E-state index contributed by atoms with van der Waals surface area (Å²) in [5, 5.41) is 3.26. The van der Waals surface area contributed by atoms with Gasteiger partial charge in [0, 0.05) is 17.3 Å². The number of nitrogens with zero attached hydrogens (tertiary/aromatic N) is 1. The van der Waals surface area contributed by atoms with Crippen molar-refractivity contribution in [3.8, 4) is 0 Å². The van der Waals surface area contributed by atoms with Gasteiger partial charge >= 0.3 is 5.69 Å². The van der Waals surface area contributed by atoms with Crippen LogP contribution in [-0.2, 0) is 11.3 Å². The Hall–Kier alpha value is -2.91. The molecule has 5 N–H and O–H groups in total. The zero-order chi connectivity index (χ0) is 20.8. The monoisotopic (exact) mass is 408 g/mol. The summed E-state index contributed by atoms with van der Waals surface area (Å²) >= 11 is 5.80. The van der Waals surface area contributed by atoms with E-state index in [1.807, 2.05) is 6.92 Å². The lowest BCUT2D eigenvalue weighted by Crippen LogP contribution is -3.11. The average molecular weight is 409 g/mol. The summed E-state index contributed by atoms with van der Waals surface area (Å²) in [5.74, 6) is -0.995. The minimum Gasteiger partial charge on any atom is -0.384 e. The Bertz CT molecular complexity index is 981. The molecule has 0 bridgehead atoms. The van der Waals surface area contributed by atoms with E-state index >= 15 is 0 Å². The maximum atomic E-state index is 12.6. The molecule has 0 saturated carbocycles. The highest BCUT2D eigenvalue weighted by Crippen LogP contribution is 2.12. The topological polar surface area (TPSA) is 131 Å². The van der Waals surface area contributed by atoms with Crippen molar-refractivity contribution in [2.24, 2.45) is 0 Å². The van der Waals surface area contributed by atoms with Crippen LogP contribution in [0.25, 0.3) is 0 Å². The third kappa shape index (κ3) is 5.30.